The standard InChI is InChI=1S/C12H15F2NO/c1-7-9(4-5-16-7)12(15)10-6-8(13)2-3-11(10)14/h2-3,6-7,9,12H,4-5,15H2,1H3. The third kappa shape index (κ3) is 2.08. The van der Waals surface area contributed by atoms with Gasteiger partial charge in [0.2, 0.25) is 0 Å². The number of ether oxygens (including phenoxy) is 1. The second kappa shape index (κ2) is 4.47. The van der Waals surface area contributed by atoms with E-state index >= 15 is 0 Å². The highest BCUT2D eigenvalue weighted by atomic mass is 19.1. The minimum atomic E-state index is -0.506. The van der Waals surface area contributed by atoms with Gasteiger partial charge in [-0.2, -0.15) is 0 Å². The SMILES string of the molecule is CC1OCCC1C(N)c1cc(F)ccc1F. The Hall–Kier alpha value is -1.00. The minimum Gasteiger partial charge on any atom is -0.378 e. The molecule has 0 radical (unpaired) electrons. The van der Waals surface area contributed by atoms with Gasteiger partial charge < -0.3 is 10.5 Å². The van der Waals surface area contributed by atoms with E-state index in [1.165, 1.54) is 6.07 Å². The summed E-state index contributed by atoms with van der Waals surface area (Å²) in [6.45, 7) is 2.55. The maximum absolute atomic E-state index is 13.5. The average molecular weight is 227 g/mol. The number of benzene rings is 1. The van der Waals surface area contributed by atoms with E-state index in [9.17, 15) is 8.78 Å². The molecule has 0 spiro atoms. The van der Waals surface area contributed by atoms with Gasteiger partial charge in [-0.1, -0.05) is 0 Å². The van der Waals surface area contributed by atoms with Crippen molar-refractivity contribution >= 4 is 0 Å². The van der Waals surface area contributed by atoms with Gasteiger partial charge in [0.25, 0.3) is 0 Å². The molecule has 0 aliphatic carbocycles. The Kier molecular flexibility index (Phi) is 3.21. The number of halogens is 2. The Morgan fingerprint density at radius 3 is 2.81 bits per heavy atom. The van der Waals surface area contributed by atoms with Gasteiger partial charge in [0.05, 0.1) is 6.10 Å². The minimum absolute atomic E-state index is 0.00216. The predicted octanol–water partition coefficient (Wildman–Crippen LogP) is 2.39. The Balaban J connectivity index is 2.25. The Morgan fingerprint density at radius 1 is 1.44 bits per heavy atom. The molecule has 16 heavy (non-hydrogen) atoms. The molecule has 3 atom stereocenters. The maximum Gasteiger partial charge on any atom is 0.128 e. The monoisotopic (exact) mass is 227 g/mol. The van der Waals surface area contributed by atoms with Crippen LogP contribution in [0.3, 0.4) is 0 Å². The fourth-order valence-electron chi connectivity index (χ4n) is 2.22. The van der Waals surface area contributed by atoms with Gasteiger partial charge >= 0.3 is 0 Å². The van der Waals surface area contributed by atoms with Crippen LogP contribution in [-0.2, 0) is 4.74 Å². The summed E-state index contributed by atoms with van der Waals surface area (Å²) in [5.41, 5.74) is 6.21. The molecular formula is C12H15F2NO. The van der Waals surface area contributed by atoms with Crippen molar-refractivity contribution in [2.24, 2.45) is 11.7 Å². The van der Waals surface area contributed by atoms with Crippen LogP contribution in [0.1, 0.15) is 24.9 Å². The second-order valence-corrected chi connectivity index (χ2v) is 4.22. The van der Waals surface area contributed by atoms with Crippen LogP contribution in [0.2, 0.25) is 0 Å². The lowest BCUT2D eigenvalue weighted by molar-refractivity contribution is 0.0991. The van der Waals surface area contributed by atoms with E-state index in [0.717, 1.165) is 18.6 Å². The first kappa shape index (κ1) is 11.5. The topological polar surface area (TPSA) is 35.2 Å². The summed E-state index contributed by atoms with van der Waals surface area (Å²) >= 11 is 0. The number of nitrogens with two attached hydrogens (primary N) is 1. The summed E-state index contributed by atoms with van der Waals surface area (Å²) in [5.74, 6) is -0.859. The van der Waals surface area contributed by atoms with E-state index in [2.05, 4.69) is 0 Å². The summed E-state index contributed by atoms with van der Waals surface area (Å²) in [6.07, 6.45) is 0.788. The quantitative estimate of drug-likeness (QED) is 0.842. The van der Waals surface area contributed by atoms with Crippen molar-refractivity contribution in [2.75, 3.05) is 6.61 Å². The number of rotatable bonds is 2. The average Bonchev–Trinajstić information content (AvgIpc) is 2.67. The first-order chi connectivity index (χ1) is 7.59. The van der Waals surface area contributed by atoms with Gasteiger partial charge in [0.15, 0.2) is 0 Å². The zero-order chi connectivity index (χ0) is 11.7. The fourth-order valence-corrected chi connectivity index (χ4v) is 2.22. The molecule has 88 valence electrons. The van der Waals surface area contributed by atoms with Gasteiger partial charge in [0, 0.05) is 24.1 Å². The van der Waals surface area contributed by atoms with Gasteiger partial charge in [-0.25, -0.2) is 8.78 Å². The lowest BCUT2D eigenvalue weighted by atomic mass is 9.89. The van der Waals surface area contributed by atoms with Gasteiger partial charge in [-0.3, -0.25) is 0 Å². The van der Waals surface area contributed by atoms with Crippen molar-refractivity contribution in [1.82, 2.24) is 0 Å². The smallest absolute Gasteiger partial charge is 0.128 e. The van der Waals surface area contributed by atoms with Crippen LogP contribution < -0.4 is 5.73 Å². The van der Waals surface area contributed by atoms with Crippen LogP contribution in [-0.4, -0.2) is 12.7 Å². The molecule has 1 heterocycles. The highest BCUT2D eigenvalue weighted by molar-refractivity contribution is 5.23. The van der Waals surface area contributed by atoms with E-state index in [0.29, 0.717) is 6.61 Å². The molecule has 1 saturated heterocycles. The highest BCUT2D eigenvalue weighted by Gasteiger charge is 2.31. The molecule has 1 aromatic rings. The first-order valence-corrected chi connectivity index (χ1v) is 5.41. The molecule has 2 nitrogen and oxygen atoms in total. The van der Waals surface area contributed by atoms with Crippen molar-refractivity contribution in [1.29, 1.82) is 0 Å². The van der Waals surface area contributed by atoms with Gasteiger partial charge in [-0.15, -0.1) is 0 Å². The van der Waals surface area contributed by atoms with Crippen LogP contribution in [0.25, 0.3) is 0 Å². The fraction of sp³-hybridized carbons (Fsp3) is 0.500. The molecule has 3 unspecified atom stereocenters. The second-order valence-electron chi connectivity index (χ2n) is 4.22. The molecule has 1 aromatic carbocycles. The predicted molar refractivity (Wildman–Crippen MR) is 56.8 cm³/mol. The van der Waals surface area contributed by atoms with E-state index in [1.807, 2.05) is 6.92 Å². The van der Waals surface area contributed by atoms with E-state index in [1.54, 1.807) is 0 Å². The van der Waals surface area contributed by atoms with Crippen LogP contribution in [0.15, 0.2) is 18.2 Å². The molecule has 1 aliphatic heterocycles. The molecule has 0 aromatic heterocycles. The van der Waals surface area contributed by atoms with Crippen LogP contribution >= 0.6 is 0 Å². The summed E-state index contributed by atoms with van der Waals surface area (Å²) in [5, 5.41) is 0. The lowest BCUT2D eigenvalue weighted by Crippen LogP contribution is -2.27. The summed E-state index contributed by atoms with van der Waals surface area (Å²) < 4.78 is 31.9. The van der Waals surface area contributed by atoms with E-state index in [-0.39, 0.29) is 17.6 Å². The largest absolute Gasteiger partial charge is 0.378 e. The molecule has 2 N–H and O–H groups in total. The van der Waals surface area contributed by atoms with Crippen LogP contribution in [0, 0.1) is 17.6 Å². The van der Waals surface area contributed by atoms with Crippen molar-refractivity contribution in [3.05, 3.63) is 35.4 Å². The summed E-state index contributed by atoms with van der Waals surface area (Å²) in [7, 11) is 0. The van der Waals surface area contributed by atoms with Crippen LogP contribution in [0.5, 0.6) is 0 Å². The summed E-state index contributed by atoms with van der Waals surface area (Å²) in [4.78, 5) is 0. The zero-order valence-corrected chi connectivity index (χ0v) is 9.12. The van der Waals surface area contributed by atoms with Crippen molar-refractivity contribution in [3.8, 4) is 0 Å². The third-order valence-corrected chi connectivity index (χ3v) is 3.21. The van der Waals surface area contributed by atoms with E-state index in [4.69, 9.17) is 10.5 Å². The van der Waals surface area contributed by atoms with E-state index < -0.39 is 17.7 Å². The van der Waals surface area contributed by atoms with Gasteiger partial charge in [-0.05, 0) is 31.5 Å². The Morgan fingerprint density at radius 2 is 2.19 bits per heavy atom. The lowest BCUT2D eigenvalue weighted by Gasteiger charge is -2.22. The summed E-state index contributed by atoms with van der Waals surface area (Å²) in [6, 6.07) is 2.88. The Bertz CT molecular complexity index is 383. The molecule has 4 heteroatoms. The number of hydrogen-bond donors (Lipinski definition) is 1. The molecular weight excluding hydrogens is 212 g/mol. The maximum atomic E-state index is 13.5. The third-order valence-electron chi connectivity index (χ3n) is 3.21. The molecule has 1 aliphatic rings. The molecule has 0 saturated carbocycles. The Labute approximate surface area is 93.4 Å². The molecule has 0 amide bonds. The van der Waals surface area contributed by atoms with Crippen molar-refractivity contribution < 1.29 is 13.5 Å². The van der Waals surface area contributed by atoms with Gasteiger partial charge in [0.1, 0.15) is 11.6 Å². The first-order valence-electron chi connectivity index (χ1n) is 5.41. The van der Waals surface area contributed by atoms with Crippen molar-refractivity contribution in [2.45, 2.75) is 25.5 Å². The highest BCUT2D eigenvalue weighted by Crippen LogP contribution is 2.32. The molecule has 2 rings (SSSR count). The number of hydrogen-bond acceptors (Lipinski definition) is 2. The van der Waals surface area contributed by atoms with Crippen LogP contribution in [0.4, 0.5) is 8.78 Å². The molecule has 0 bridgehead atoms. The molecule has 1 fully saturated rings. The zero-order valence-electron chi connectivity index (χ0n) is 9.12. The van der Waals surface area contributed by atoms with Crippen molar-refractivity contribution in [3.63, 3.8) is 0 Å². The normalized spacial score (nSPS) is 27.0.